The van der Waals surface area contributed by atoms with Crippen LogP contribution in [-0.2, 0) is 21.3 Å². The molecule has 1 heterocycles. The minimum atomic E-state index is -3.61. The normalized spacial score (nSPS) is 11.5. The molecule has 0 saturated carbocycles. The van der Waals surface area contributed by atoms with E-state index in [0.29, 0.717) is 22.3 Å². The highest BCUT2D eigenvalue weighted by Crippen LogP contribution is 2.27. The molecule has 4 rings (SSSR count). The third-order valence-electron chi connectivity index (χ3n) is 4.73. The standard InChI is InChI=1S/C23H20FN3O2S2/c1-17-11-13-20(14-12-17)31(28,29)16-22-25-26-23(27(22)19-8-3-2-4-9-19)30-15-18-7-5-6-10-21(18)24/h2-14H,15-16H2,1H3. The Morgan fingerprint density at radius 2 is 1.58 bits per heavy atom. The summed E-state index contributed by atoms with van der Waals surface area (Å²) >= 11 is 1.31. The fourth-order valence-electron chi connectivity index (χ4n) is 3.08. The smallest absolute Gasteiger partial charge is 0.196 e. The molecule has 158 valence electrons. The first kappa shape index (κ1) is 21.3. The van der Waals surface area contributed by atoms with E-state index in [0.717, 1.165) is 11.3 Å². The number of hydrogen-bond acceptors (Lipinski definition) is 5. The van der Waals surface area contributed by atoms with Crippen molar-refractivity contribution in [1.29, 1.82) is 0 Å². The number of rotatable bonds is 7. The molecule has 0 fully saturated rings. The second kappa shape index (κ2) is 9.03. The summed E-state index contributed by atoms with van der Waals surface area (Å²) in [7, 11) is -3.61. The van der Waals surface area contributed by atoms with Crippen molar-refractivity contribution in [2.24, 2.45) is 0 Å². The Morgan fingerprint density at radius 1 is 0.903 bits per heavy atom. The topological polar surface area (TPSA) is 64.8 Å². The minimum Gasteiger partial charge on any atom is -0.273 e. The summed E-state index contributed by atoms with van der Waals surface area (Å²) in [5.74, 6) is 0.0753. The van der Waals surface area contributed by atoms with Gasteiger partial charge in [0.15, 0.2) is 20.8 Å². The Morgan fingerprint density at radius 3 is 2.29 bits per heavy atom. The van der Waals surface area contributed by atoms with Crippen molar-refractivity contribution in [1.82, 2.24) is 14.8 Å². The van der Waals surface area contributed by atoms with Gasteiger partial charge in [-0.05, 0) is 42.8 Å². The zero-order chi connectivity index (χ0) is 21.8. The number of sulfone groups is 1. The maximum Gasteiger partial charge on any atom is 0.196 e. The lowest BCUT2D eigenvalue weighted by molar-refractivity contribution is 0.593. The van der Waals surface area contributed by atoms with Gasteiger partial charge in [-0.3, -0.25) is 4.57 Å². The van der Waals surface area contributed by atoms with Crippen molar-refractivity contribution in [3.63, 3.8) is 0 Å². The van der Waals surface area contributed by atoms with Crippen molar-refractivity contribution >= 4 is 21.6 Å². The highest BCUT2D eigenvalue weighted by Gasteiger charge is 2.22. The average molecular weight is 454 g/mol. The summed E-state index contributed by atoms with van der Waals surface area (Å²) in [6, 6.07) is 22.6. The zero-order valence-electron chi connectivity index (χ0n) is 16.8. The van der Waals surface area contributed by atoms with E-state index < -0.39 is 9.84 Å². The van der Waals surface area contributed by atoms with Crippen LogP contribution in [0.1, 0.15) is 17.0 Å². The van der Waals surface area contributed by atoms with Crippen LogP contribution in [0, 0.1) is 12.7 Å². The Hall–Kier alpha value is -2.97. The van der Waals surface area contributed by atoms with Gasteiger partial charge in [-0.2, -0.15) is 0 Å². The highest BCUT2D eigenvalue weighted by molar-refractivity contribution is 7.98. The van der Waals surface area contributed by atoms with Gasteiger partial charge in [-0.15, -0.1) is 10.2 Å². The number of aryl methyl sites for hydroxylation is 1. The van der Waals surface area contributed by atoms with Crippen LogP contribution in [0.25, 0.3) is 5.69 Å². The summed E-state index contributed by atoms with van der Waals surface area (Å²) in [6.45, 7) is 1.90. The molecule has 0 aliphatic rings. The molecule has 0 radical (unpaired) electrons. The molecule has 31 heavy (non-hydrogen) atoms. The Labute approximate surface area is 184 Å². The molecule has 0 aliphatic carbocycles. The number of thioether (sulfide) groups is 1. The van der Waals surface area contributed by atoms with E-state index >= 15 is 0 Å². The maximum absolute atomic E-state index is 14.0. The third kappa shape index (κ3) is 4.86. The fraction of sp³-hybridized carbons (Fsp3) is 0.130. The highest BCUT2D eigenvalue weighted by atomic mass is 32.2. The number of para-hydroxylation sites is 1. The quantitative estimate of drug-likeness (QED) is 0.369. The van der Waals surface area contributed by atoms with E-state index in [9.17, 15) is 12.8 Å². The first-order valence-corrected chi connectivity index (χ1v) is 12.2. The van der Waals surface area contributed by atoms with Gasteiger partial charge < -0.3 is 0 Å². The lowest BCUT2D eigenvalue weighted by Gasteiger charge is -2.11. The number of nitrogens with zero attached hydrogens (tertiary/aromatic N) is 3. The van der Waals surface area contributed by atoms with Crippen LogP contribution < -0.4 is 0 Å². The Kier molecular flexibility index (Phi) is 6.20. The molecular formula is C23H20FN3O2S2. The first-order valence-electron chi connectivity index (χ1n) is 9.59. The Bertz CT molecular complexity index is 1290. The van der Waals surface area contributed by atoms with Gasteiger partial charge in [0.1, 0.15) is 11.6 Å². The predicted molar refractivity (Wildman–Crippen MR) is 119 cm³/mol. The second-order valence-corrected chi connectivity index (χ2v) is 9.95. The third-order valence-corrected chi connectivity index (χ3v) is 7.34. The van der Waals surface area contributed by atoms with Gasteiger partial charge in [0, 0.05) is 11.4 Å². The largest absolute Gasteiger partial charge is 0.273 e. The molecule has 0 amide bonds. The summed E-state index contributed by atoms with van der Waals surface area (Å²) in [4.78, 5) is 0.237. The zero-order valence-corrected chi connectivity index (χ0v) is 18.4. The van der Waals surface area contributed by atoms with Crippen LogP contribution in [0.4, 0.5) is 4.39 Å². The number of halogens is 1. The van der Waals surface area contributed by atoms with E-state index in [2.05, 4.69) is 10.2 Å². The molecule has 3 aromatic carbocycles. The number of aromatic nitrogens is 3. The molecule has 4 aromatic rings. The van der Waals surface area contributed by atoms with Gasteiger partial charge in [0.25, 0.3) is 0 Å². The lowest BCUT2D eigenvalue weighted by Crippen LogP contribution is -2.11. The van der Waals surface area contributed by atoms with Gasteiger partial charge in [-0.1, -0.05) is 65.9 Å². The summed E-state index contributed by atoms with van der Waals surface area (Å²) in [5, 5.41) is 8.90. The summed E-state index contributed by atoms with van der Waals surface area (Å²) in [5.41, 5.74) is 2.28. The molecular weight excluding hydrogens is 433 g/mol. The van der Waals surface area contributed by atoms with E-state index in [1.165, 1.54) is 17.8 Å². The summed E-state index contributed by atoms with van der Waals surface area (Å²) < 4.78 is 41.7. The van der Waals surface area contributed by atoms with Gasteiger partial charge in [-0.25, -0.2) is 12.8 Å². The monoisotopic (exact) mass is 453 g/mol. The van der Waals surface area contributed by atoms with Gasteiger partial charge in [0.05, 0.1) is 4.90 Å². The van der Waals surface area contributed by atoms with Crippen molar-refractivity contribution in [2.45, 2.75) is 28.5 Å². The van der Waals surface area contributed by atoms with Crippen LogP contribution in [0.2, 0.25) is 0 Å². The van der Waals surface area contributed by atoms with Crippen molar-refractivity contribution in [2.75, 3.05) is 0 Å². The molecule has 0 spiro atoms. The first-order chi connectivity index (χ1) is 14.9. The van der Waals surface area contributed by atoms with Crippen LogP contribution in [0.3, 0.4) is 0 Å². The van der Waals surface area contributed by atoms with Crippen molar-refractivity contribution < 1.29 is 12.8 Å². The van der Waals surface area contributed by atoms with E-state index in [1.807, 2.05) is 37.3 Å². The summed E-state index contributed by atoms with van der Waals surface area (Å²) in [6.07, 6.45) is 0. The van der Waals surface area contributed by atoms with E-state index in [4.69, 9.17) is 0 Å². The number of benzene rings is 3. The Balaban J connectivity index is 1.68. The van der Waals surface area contributed by atoms with Crippen LogP contribution in [-0.4, -0.2) is 23.2 Å². The molecule has 0 unspecified atom stereocenters. The molecule has 0 saturated heterocycles. The van der Waals surface area contributed by atoms with Crippen LogP contribution >= 0.6 is 11.8 Å². The van der Waals surface area contributed by atoms with Gasteiger partial charge >= 0.3 is 0 Å². The van der Waals surface area contributed by atoms with E-state index in [1.54, 1.807) is 47.0 Å². The molecule has 0 bridgehead atoms. The molecule has 1 aromatic heterocycles. The lowest BCUT2D eigenvalue weighted by atomic mass is 10.2. The second-order valence-electron chi connectivity index (χ2n) is 7.02. The van der Waals surface area contributed by atoms with E-state index in [-0.39, 0.29) is 16.5 Å². The molecule has 5 nitrogen and oxygen atoms in total. The molecule has 0 aliphatic heterocycles. The maximum atomic E-state index is 14.0. The van der Waals surface area contributed by atoms with Crippen LogP contribution in [0.5, 0.6) is 0 Å². The van der Waals surface area contributed by atoms with Gasteiger partial charge in [0.2, 0.25) is 0 Å². The molecule has 0 atom stereocenters. The van der Waals surface area contributed by atoms with Crippen molar-refractivity contribution in [3.8, 4) is 5.69 Å². The fourth-order valence-corrected chi connectivity index (χ4v) is 5.28. The van der Waals surface area contributed by atoms with Crippen LogP contribution in [0.15, 0.2) is 88.9 Å². The minimum absolute atomic E-state index is 0.237. The van der Waals surface area contributed by atoms with Crippen molar-refractivity contribution in [3.05, 3.63) is 102 Å². The SMILES string of the molecule is Cc1ccc(S(=O)(=O)Cc2nnc(SCc3ccccc3F)n2-c2ccccc2)cc1. The predicted octanol–water partition coefficient (Wildman–Crippen LogP) is 4.98. The number of hydrogen-bond donors (Lipinski definition) is 0. The average Bonchev–Trinajstić information content (AvgIpc) is 3.15. The molecule has 8 heteroatoms. The molecule has 0 N–H and O–H groups in total.